The highest BCUT2D eigenvalue weighted by Crippen LogP contribution is 2.25. The molecular formula is C10H12N. The first-order chi connectivity index (χ1) is 5.42. The Labute approximate surface area is 67.4 Å². The largest absolute Gasteiger partial charge is 0.384 e. The van der Waals surface area contributed by atoms with Crippen LogP contribution in [-0.2, 0) is 12.8 Å². The summed E-state index contributed by atoms with van der Waals surface area (Å²) in [6.07, 6.45) is 2.08. The predicted octanol–water partition coefficient (Wildman–Crippen LogP) is 2.03. The van der Waals surface area contributed by atoms with Crippen molar-refractivity contribution in [2.75, 3.05) is 11.9 Å². The molecular weight excluding hydrogens is 134 g/mol. The highest BCUT2D eigenvalue weighted by atomic mass is 14.9. The molecule has 0 aliphatic carbocycles. The van der Waals surface area contributed by atoms with Crippen molar-refractivity contribution >= 4 is 5.69 Å². The van der Waals surface area contributed by atoms with Crippen molar-refractivity contribution in [1.29, 1.82) is 0 Å². The molecule has 11 heavy (non-hydrogen) atoms. The van der Waals surface area contributed by atoms with Crippen molar-refractivity contribution in [3.8, 4) is 0 Å². The Morgan fingerprint density at radius 1 is 1.45 bits per heavy atom. The average molecular weight is 146 g/mol. The molecule has 1 heteroatoms. The molecule has 1 aliphatic rings. The van der Waals surface area contributed by atoms with E-state index < -0.39 is 0 Å². The van der Waals surface area contributed by atoms with Gasteiger partial charge in [-0.25, -0.2) is 0 Å². The van der Waals surface area contributed by atoms with Crippen molar-refractivity contribution in [1.82, 2.24) is 0 Å². The van der Waals surface area contributed by atoms with Crippen LogP contribution in [-0.4, -0.2) is 6.54 Å². The third kappa shape index (κ3) is 1.01. The van der Waals surface area contributed by atoms with Crippen molar-refractivity contribution in [2.24, 2.45) is 0 Å². The normalized spacial score (nSPS) is 14.3. The van der Waals surface area contributed by atoms with Crippen LogP contribution in [0.15, 0.2) is 18.2 Å². The van der Waals surface area contributed by atoms with E-state index >= 15 is 0 Å². The first kappa shape index (κ1) is 6.71. The van der Waals surface area contributed by atoms with Crippen LogP contribution < -0.4 is 5.32 Å². The minimum atomic E-state index is 0.908. The van der Waals surface area contributed by atoms with Gasteiger partial charge in [0, 0.05) is 12.2 Å². The van der Waals surface area contributed by atoms with Gasteiger partial charge in [0.15, 0.2) is 0 Å². The molecule has 0 spiro atoms. The molecule has 2 rings (SSSR count). The number of rotatable bonds is 1. The summed E-state index contributed by atoms with van der Waals surface area (Å²) in [4.78, 5) is 0. The first-order valence-corrected chi connectivity index (χ1v) is 4.05. The summed E-state index contributed by atoms with van der Waals surface area (Å²) in [6, 6.07) is 6.40. The Hall–Kier alpha value is -0.980. The molecule has 0 saturated heterocycles. The summed E-state index contributed by atoms with van der Waals surface area (Å²) in [5, 5.41) is 3.35. The Morgan fingerprint density at radius 3 is 3.18 bits per heavy atom. The maximum absolute atomic E-state index is 3.91. The van der Waals surface area contributed by atoms with Crippen molar-refractivity contribution < 1.29 is 0 Å². The predicted molar refractivity (Wildman–Crippen MR) is 47.7 cm³/mol. The van der Waals surface area contributed by atoms with E-state index in [0.29, 0.717) is 0 Å². The second kappa shape index (κ2) is 2.57. The number of hydrogen-bond acceptors (Lipinski definition) is 1. The monoisotopic (exact) mass is 146 g/mol. The van der Waals surface area contributed by atoms with E-state index in [4.69, 9.17) is 0 Å². The molecule has 1 nitrogen and oxygen atoms in total. The highest BCUT2D eigenvalue weighted by molar-refractivity contribution is 5.58. The number of fused-ring (bicyclic) bond motifs is 1. The van der Waals surface area contributed by atoms with Crippen LogP contribution in [0, 0.1) is 6.92 Å². The van der Waals surface area contributed by atoms with Gasteiger partial charge in [-0.1, -0.05) is 12.1 Å². The minimum absolute atomic E-state index is 0.908. The number of nitrogens with one attached hydrogen (secondary N) is 1. The molecule has 0 unspecified atom stereocenters. The Morgan fingerprint density at radius 2 is 2.36 bits per heavy atom. The molecule has 0 fully saturated rings. The molecule has 1 aromatic carbocycles. The minimum Gasteiger partial charge on any atom is -0.384 e. The third-order valence-electron chi connectivity index (χ3n) is 2.23. The highest BCUT2D eigenvalue weighted by Gasteiger charge is 2.11. The van der Waals surface area contributed by atoms with E-state index in [1.165, 1.54) is 23.2 Å². The molecule has 0 saturated carbocycles. The van der Waals surface area contributed by atoms with E-state index in [-0.39, 0.29) is 0 Å². The molecule has 1 heterocycles. The van der Waals surface area contributed by atoms with Crippen LogP contribution >= 0.6 is 0 Å². The van der Waals surface area contributed by atoms with Gasteiger partial charge < -0.3 is 5.32 Å². The van der Waals surface area contributed by atoms with Gasteiger partial charge >= 0.3 is 0 Å². The topological polar surface area (TPSA) is 12.0 Å². The maximum atomic E-state index is 3.91. The summed E-state index contributed by atoms with van der Waals surface area (Å²) in [6.45, 7) is 5.00. The molecule has 1 aromatic rings. The van der Waals surface area contributed by atoms with Gasteiger partial charge in [0.05, 0.1) is 0 Å². The number of anilines is 1. The molecule has 1 radical (unpaired) electrons. The summed E-state index contributed by atoms with van der Waals surface area (Å²) >= 11 is 0. The fourth-order valence-corrected chi connectivity index (χ4v) is 1.65. The fourth-order valence-electron chi connectivity index (χ4n) is 1.65. The summed E-state index contributed by atoms with van der Waals surface area (Å²) in [5.74, 6) is 0. The molecule has 0 atom stereocenters. The maximum Gasteiger partial charge on any atom is 0.0376 e. The second-order valence-electron chi connectivity index (χ2n) is 2.87. The summed E-state index contributed by atoms with van der Waals surface area (Å²) < 4.78 is 0. The molecule has 1 aliphatic heterocycles. The van der Waals surface area contributed by atoms with Gasteiger partial charge in [-0.15, -0.1) is 0 Å². The first-order valence-electron chi connectivity index (χ1n) is 4.05. The van der Waals surface area contributed by atoms with Crippen LogP contribution in [0.2, 0.25) is 0 Å². The van der Waals surface area contributed by atoms with Gasteiger partial charge in [0.25, 0.3) is 0 Å². The number of hydrogen-bond donors (Lipinski definition) is 1. The lowest BCUT2D eigenvalue weighted by Crippen LogP contribution is -1.90. The van der Waals surface area contributed by atoms with Crippen LogP contribution in [0.3, 0.4) is 0 Å². The van der Waals surface area contributed by atoms with Gasteiger partial charge in [0.2, 0.25) is 0 Å². The molecule has 1 N–H and O–H groups in total. The molecule has 0 amide bonds. The van der Waals surface area contributed by atoms with E-state index in [9.17, 15) is 0 Å². The van der Waals surface area contributed by atoms with Gasteiger partial charge in [-0.2, -0.15) is 0 Å². The van der Waals surface area contributed by atoms with E-state index in [2.05, 4.69) is 30.4 Å². The van der Waals surface area contributed by atoms with Crippen LogP contribution in [0.25, 0.3) is 0 Å². The Bertz CT molecular complexity index is 266. The zero-order chi connectivity index (χ0) is 7.68. The quantitative estimate of drug-likeness (QED) is 0.639. The lowest BCUT2D eigenvalue weighted by Gasteiger charge is -2.03. The van der Waals surface area contributed by atoms with Crippen molar-refractivity contribution in [3.63, 3.8) is 0 Å². The van der Waals surface area contributed by atoms with Crippen LogP contribution in [0.5, 0.6) is 0 Å². The number of benzene rings is 1. The third-order valence-corrected chi connectivity index (χ3v) is 2.23. The Balaban J connectivity index is 2.50. The fraction of sp³-hybridized carbons (Fsp3) is 0.300. The van der Waals surface area contributed by atoms with E-state index in [0.717, 1.165) is 13.0 Å². The lowest BCUT2D eigenvalue weighted by atomic mass is 10.0. The zero-order valence-electron chi connectivity index (χ0n) is 6.56. The van der Waals surface area contributed by atoms with E-state index in [1.807, 2.05) is 0 Å². The summed E-state index contributed by atoms with van der Waals surface area (Å²) in [7, 11) is 0. The smallest absolute Gasteiger partial charge is 0.0376 e. The molecule has 0 bridgehead atoms. The summed E-state index contributed by atoms with van der Waals surface area (Å²) in [5.41, 5.74) is 4.18. The van der Waals surface area contributed by atoms with Crippen molar-refractivity contribution in [2.45, 2.75) is 12.8 Å². The second-order valence-corrected chi connectivity index (χ2v) is 2.87. The van der Waals surface area contributed by atoms with Crippen molar-refractivity contribution in [3.05, 3.63) is 36.2 Å². The van der Waals surface area contributed by atoms with Gasteiger partial charge in [0.1, 0.15) is 0 Å². The standard InChI is InChI=1S/C10H12N/c1-2-8-4-3-5-10-9(8)6-7-11-10/h3-5,11H,1-2,6-7H2. The lowest BCUT2D eigenvalue weighted by molar-refractivity contribution is 1.07. The average Bonchev–Trinajstić information content (AvgIpc) is 2.50. The SMILES string of the molecule is [CH2]Cc1cccc2c1CCN2. The van der Waals surface area contributed by atoms with Gasteiger partial charge in [-0.05, 0) is 37.0 Å². The molecule has 57 valence electrons. The van der Waals surface area contributed by atoms with E-state index in [1.54, 1.807) is 0 Å². The zero-order valence-corrected chi connectivity index (χ0v) is 6.56. The molecule has 0 aromatic heterocycles. The van der Waals surface area contributed by atoms with Gasteiger partial charge in [-0.3, -0.25) is 0 Å². The van der Waals surface area contributed by atoms with Crippen LogP contribution in [0.4, 0.5) is 5.69 Å². The van der Waals surface area contributed by atoms with Crippen LogP contribution in [0.1, 0.15) is 11.1 Å². The Kier molecular flexibility index (Phi) is 1.57.